The van der Waals surface area contributed by atoms with E-state index >= 15 is 0 Å². The van der Waals surface area contributed by atoms with E-state index in [0.717, 1.165) is 28.0 Å². The fraction of sp³-hybridized carbons (Fsp3) is 0.296. The topological polar surface area (TPSA) is 75.7 Å². The van der Waals surface area contributed by atoms with Crippen molar-refractivity contribution in [1.29, 1.82) is 0 Å². The maximum atomic E-state index is 13.6. The zero-order chi connectivity index (χ0) is 24.9. The summed E-state index contributed by atoms with van der Waals surface area (Å²) in [6.07, 6.45) is 0.659. The molecule has 6 nitrogen and oxygen atoms in total. The number of ether oxygens (including phenoxy) is 1. The number of hydrogen-bond acceptors (Lipinski definition) is 4. The molecule has 0 aliphatic carbocycles. The lowest BCUT2D eigenvalue weighted by Gasteiger charge is -2.26. The van der Waals surface area contributed by atoms with Gasteiger partial charge in [0.2, 0.25) is 5.91 Å². The third kappa shape index (κ3) is 5.78. The van der Waals surface area contributed by atoms with E-state index < -0.39 is 10.0 Å². The van der Waals surface area contributed by atoms with Crippen LogP contribution in [-0.4, -0.2) is 28.0 Å². The Hall–Kier alpha value is -3.32. The SMILES string of the molecule is CCC(NC(=O)CN(c1cccc(C)c1)S(=O)(=O)c1ccc(C)cc1)c1ccc(OC)c(C)c1. The van der Waals surface area contributed by atoms with E-state index in [1.54, 1.807) is 49.6 Å². The number of hydrogen-bond donors (Lipinski definition) is 1. The second-order valence-corrected chi connectivity index (χ2v) is 10.3. The van der Waals surface area contributed by atoms with Gasteiger partial charge in [0.1, 0.15) is 12.3 Å². The highest BCUT2D eigenvalue weighted by Crippen LogP contribution is 2.26. The highest BCUT2D eigenvalue weighted by atomic mass is 32.2. The molecule has 0 radical (unpaired) electrons. The number of methoxy groups -OCH3 is 1. The van der Waals surface area contributed by atoms with E-state index in [0.29, 0.717) is 12.1 Å². The zero-order valence-electron chi connectivity index (χ0n) is 20.3. The molecule has 0 saturated carbocycles. The van der Waals surface area contributed by atoms with Crippen molar-refractivity contribution in [3.05, 3.63) is 89.0 Å². The molecule has 0 fully saturated rings. The van der Waals surface area contributed by atoms with Gasteiger partial charge in [0.25, 0.3) is 10.0 Å². The molecule has 34 heavy (non-hydrogen) atoms. The molecule has 3 aromatic carbocycles. The van der Waals surface area contributed by atoms with Crippen LogP contribution >= 0.6 is 0 Å². The first kappa shape index (κ1) is 25.3. The molecule has 0 aliphatic rings. The number of rotatable bonds is 9. The molecule has 3 rings (SSSR count). The Morgan fingerprint density at radius 2 is 1.68 bits per heavy atom. The average Bonchev–Trinajstić information content (AvgIpc) is 2.81. The van der Waals surface area contributed by atoms with Gasteiger partial charge in [-0.1, -0.05) is 48.9 Å². The number of benzene rings is 3. The molecule has 1 amide bonds. The van der Waals surface area contributed by atoms with Crippen LogP contribution in [-0.2, 0) is 14.8 Å². The third-order valence-corrected chi connectivity index (χ3v) is 7.54. The second-order valence-electron chi connectivity index (χ2n) is 8.42. The van der Waals surface area contributed by atoms with Gasteiger partial charge in [-0.05, 0) is 74.2 Å². The molecule has 0 aliphatic heterocycles. The predicted octanol–water partition coefficient (Wildman–Crippen LogP) is 5.08. The Morgan fingerprint density at radius 3 is 2.26 bits per heavy atom. The van der Waals surface area contributed by atoms with Crippen LogP contribution in [0.5, 0.6) is 5.75 Å². The Bertz CT molecular complexity index is 1250. The van der Waals surface area contributed by atoms with Crippen molar-refractivity contribution in [3.8, 4) is 5.75 Å². The Kier molecular flexibility index (Phi) is 7.99. The zero-order valence-corrected chi connectivity index (χ0v) is 21.1. The summed E-state index contributed by atoms with van der Waals surface area (Å²) in [7, 11) is -2.33. The summed E-state index contributed by atoms with van der Waals surface area (Å²) in [6, 6.07) is 19.3. The van der Waals surface area contributed by atoms with Crippen molar-refractivity contribution in [2.24, 2.45) is 0 Å². The van der Waals surface area contributed by atoms with Gasteiger partial charge in [0, 0.05) is 0 Å². The molecule has 1 N–H and O–H groups in total. The molecule has 1 atom stereocenters. The van der Waals surface area contributed by atoms with Gasteiger partial charge in [-0.2, -0.15) is 0 Å². The van der Waals surface area contributed by atoms with Crippen molar-refractivity contribution < 1.29 is 17.9 Å². The third-order valence-electron chi connectivity index (χ3n) is 5.75. The molecule has 0 spiro atoms. The van der Waals surface area contributed by atoms with Crippen molar-refractivity contribution >= 4 is 21.6 Å². The summed E-state index contributed by atoms with van der Waals surface area (Å²) in [5, 5.41) is 3.01. The Morgan fingerprint density at radius 1 is 0.971 bits per heavy atom. The van der Waals surface area contributed by atoms with Gasteiger partial charge in [0.15, 0.2) is 0 Å². The number of nitrogens with one attached hydrogen (secondary N) is 1. The molecule has 0 bridgehead atoms. The minimum Gasteiger partial charge on any atom is -0.496 e. The summed E-state index contributed by atoms with van der Waals surface area (Å²) in [4.78, 5) is 13.3. The van der Waals surface area contributed by atoms with E-state index in [9.17, 15) is 13.2 Å². The van der Waals surface area contributed by atoms with Gasteiger partial charge in [-0.15, -0.1) is 0 Å². The van der Waals surface area contributed by atoms with Crippen LogP contribution in [0.1, 0.15) is 41.6 Å². The first-order valence-corrected chi connectivity index (χ1v) is 12.7. The molecule has 180 valence electrons. The van der Waals surface area contributed by atoms with Crippen molar-refractivity contribution in [3.63, 3.8) is 0 Å². The normalized spacial score (nSPS) is 12.1. The number of amides is 1. The summed E-state index contributed by atoms with van der Waals surface area (Å²) < 4.78 is 33.6. The highest BCUT2D eigenvalue weighted by Gasteiger charge is 2.28. The van der Waals surface area contributed by atoms with Gasteiger partial charge in [-0.25, -0.2) is 8.42 Å². The summed E-state index contributed by atoms with van der Waals surface area (Å²) in [5.41, 5.74) is 4.22. The summed E-state index contributed by atoms with van der Waals surface area (Å²) in [6.45, 7) is 7.38. The second kappa shape index (κ2) is 10.7. The van der Waals surface area contributed by atoms with Gasteiger partial charge >= 0.3 is 0 Å². The maximum Gasteiger partial charge on any atom is 0.264 e. The van der Waals surface area contributed by atoms with E-state index in [1.807, 2.05) is 52.0 Å². The fourth-order valence-electron chi connectivity index (χ4n) is 3.85. The summed E-state index contributed by atoms with van der Waals surface area (Å²) in [5.74, 6) is 0.400. The van der Waals surface area contributed by atoms with Crippen molar-refractivity contribution in [1.82, 2.24) is 5.32 Å². The summed E-state index contributed by atoms with van der Waals surface area (Å²) >= 11 is 0. The minimum absolute atomic E-state index is 0.144. The number of nitrogens with zero attached hydrogens (tertiary/aromatic N) is 1. The number of anilines is 1. The van der Waals surface area contributed by atoms with Crippen molar-refractivity contribution in [2.45, 2.75) is 45.1 Å². The Labute approximate surface area is 202 Å². The van der Waals surface area contributed by atoms with E-state index in [1.165, 1.54) is 4.31 Å². The standard InChI is InChI=1S/C27H32N2O4S/c1-6-25(22-12-15-26(33-5)21(4)17-22)28-27(30)18-29(23-9-7-8-20(3)16-23)34(31,32)24-13-10-19(2)11-14-24/h7-17,25H,6,18H2,1-5H3,(H,28,30). The largest absolute Gasteiger partial charge is 0.496 e. The molecule has 7 heteroatoms. The monoisotopic (exact) mass is 480 g/mol. The van der Waals surface area contributed by atoms with E-state index in [4.69, 9.17) is 4.74 Å². The fourth-order valence-corrected chi connectivity index (χ4v) is 5.26. The molecule has 0 aromatic heterocycles. The quantitative estimate of drug-likeness (QED) is 0.463. The van der Waals surface area contributed by atoms with Gasteiger partial charge in [0.05, 0.1) is 23.7 Å². The van der Waals surface area contributed by atoms with Gasteiger partial charge in [-0.3, -0.25) is 9.10 Å². The smallest absolute Gasteiger partial charge is 0.264 e. The predicted molar refractivity (Wildman–Crippen MR) is 136 cm³/mol. The number of carbonyl (C=O) groups excluding carboxylic acids is 1. The maximum absolute atomic E-state index is 13.6. The number of sulfonamides is 1. The highest BCUT2D eigenvalue weighted by molar-refractivity contribution is 7.92. The molecule has 0 heterocycles. The van der Waals surface area contributed by atoms with E-state index in [2.05, 4.69) is 5.32 Å². The van der Waals surface area contributed by atoms with E-state index in [-0.39, 0.29) is 23.4 Å². The first-order valence-electron chi connectivity index (χ1n) is 11.3. The average molecular weight is 481 g/mol. The lowest BCUT2D eigenvalue weighted by Crippen LogP contribution is -2.42. The number of aryl methyl sites for hydroxylation is 3. The molecular weight excluding hydrogens is 448 g/mol. The first-order chi connectivity index (χ1) is 16.1. The number of carbonyl (C=O) groups is 1. The van der Waals surface area contributed by atoms with Gasteiger partial charge < -0.3 is 10.1 Å². The van der Waals surface area contributed by atoms with Crippen LogP contribution in [0.25, 0.3) is 0 Å². The Balaban J connectivity index is 1.90. The molecule has 3 aromatic rings. The van der Waals surface area contributed by atoms with Crippen LogP contribution in [0.2, 0.25) is 0 Å². The molecule has 1 unspecified atom stereocenters. The van der Waals surface area contributed by atoms with Crippen LogP contribution in [0, 0.1) is 20.8 Å². The van der Waals surface area contributed by atoms with Crippen LogP contribution in [0.15, 0.2) is 71.6 Å². The van der Waals surface area contributed by atoms with Crippen LogP contribution in [0.4, 0.5) is 5.69 Å². The molecular formula is C27H32N2O4S. The lowest BCUT2D eigenvalue weighted by atomic mass is 10.0. The molecule has 0 saturated heterocycles. The van der Waals surface area contributed by atoms with Crippen LogP contribution in [0.3, 0.4) is 0 Å². The van der Waals surface area contributed by atoms with Crippen molar-refractivity contribution in [2.75, 3.05) is 18.0 Å². The van der Waals surface area contributed by atoms with Crippen LogP contribution < -0.4 is 14.4 Å². The minimum atomic E-state index is -3.95. The lowest BCUT2D eigenvalue weighted by molar-refractivity contribution is -0.120.